The van der Waals surface area contributed by atoms with Crippen LogP contribution in [0.2, 0.25) is 0 Å². The second-order valence-corrected chi connectivity index (χ2v) is 4.65. The summed E-state index contributed by atoms with van der Waals surface area (Å²) < 4.78 is 5.06. The van der Waals surface area contributed by atoms with Crippen LogP contribution in [0.15, 0.2) is 0 Å². The monoisotopic (exact) mass is 229 g/mol. The fourth-order valence-corrected chi connectivity index (χ4v) is 2.40. The van der Waals surface area contributed by atoms with Crippen molar-refractivity contribution in [2.45, 2.75) is 57.0 Å². The molecule has 1 fully saturated rings. The molecule has 0 amide bonds. The maximum Gasteiger partial charge on any atom is 0.326 e. The number of carbonyl (C=O) groups is 1. The molecule has 0 aromatic carbocycles. The Bertz CT molecular complexity index is 226. The summed E-state index contributed by atoms with van der Waals surface area (Å²) in [6.07, 6.45) is 6.38. The molecule has 0 bridgehead atoms. The summed E-state index contributed by atoms with van der Waals surface area (Å²) in [5, 5.41) is 12.6. The topological polar surface area (TPSA) is 58.6 Å². The van der Waals surface area contributed by atoms with Crippen LogP contribution in [0.3, 0.4) is 0 Å². The van der Waals surface area contributed by atoms with E-state index in [1.54, 1.807) is 7.11 Å². The maximum absolute atomic E-state index is 11.4. The lowest BCUT2D eigenvalue weighted by Crippen LogP contribution is -2.58. The molecule has 1 aliphatic rings. The number of carboxylic acids is 1. The fraction of sp³-hybridized carbons (Fsp3) is 0.917. The van der Waals surface area contributed by atoms with Gasteiger partial charge in [0.25, 0.3) is 0 Å². The first-order valence-electron chi connectivity index (χ1n) is 6.14. The number of carboxylic acid groups (broad SMARTS) is 1. The predicted octanol–water partition coefficient (Wildman–Crippen LogP) is 1.79. The molecule has 1 aliphatic carbocycles. The molecule has 1 rings (SSSR count). The predicted molar refractivity (Wildman–Crippen MR) is 62.5 cm³/mol. The van der Waals surface area contributed by atoms with Crippen molar-refractivity contribution >= 4 is 5.97 Å². The standard InChI is InChI=1S/C12H23NO3/c1-3-12(9-16-2,11(14)15)13-10-7-5-4-6-8-10/h10,13H,3-9H2,1-2H3,(H,14,15). The van der Waals surface area contributed by atoms with E-state index in [-0.39, 0.29) is 6.61 Å². The third-order valence-corrected chi connectivity index (χ3v) is 3.49. The van der Waals surface area contributed by atoms with E-state index in [9.17, 15) is 9.90 Å². The van der Waals surface area contributed by atoms with Crippen LogP contribution in [0, 0.1) is 0 Å². The van der Waals surface area contributed by atoms with Crippen LogP contribution >= 0.6 is 0 Å². The Balaban J connectivity index is 2.63. The van der Waals surface area contributed by atoms with E-state index in [0.29, 0.717) is 12.5 Å². The Morgan fingerprint density at radius 2 is 2.06 bits per heavy atom. The number of hydrogen-bond donors (Lipinski definition) is 2. The van der Waals surface area contributed by atoms with Gasteiger partial charge in [-0.15, -0.1) is 0 Å². The number of aliphatic carboxylic acids is 1. The van der Waals surface area contributed by atoms with Gasteiger partial charge in [-0.25, -0.2) is 0 Å². The van der Waals surface area contributed by atoms with Gasteiger partial charge in [0.05, 0.1) is 6.61 Å². The molecule has 0 heterocycles. The van der Waals surface area contributed by atoms with Crippen LogP contribution in [0.25, 0.3) is 0 Å². The molecule has 4 heteroatoms. The molecular formula is C12H23NO3. The Hall–Kier alpha value is -0.610. The van der Waals surface area contributed by atoms with Crippen LogP contribution in [0.5, 0.6) is 0 Å². The van der Waals surface area contributed by atoms with Crippen LogP contribution in [-0.4, -0.2) is 36.4 Å². The molecule has 16 heavy (non-hydrogen) atoms. The minimum Gasteiger partial charge on any atom is -0.480 e. The van der Waals surface area contributed by atoms with E-state index in [0.717, 1.165) is 12.8 Å². The molecule has 0 saturated heterocycles. The summed E-state index contributed by atoms with van der Waals surface area (Å²) in [5.74, 6) is -0.803. The number of rotatable bonds is 6. The second-order valence-electron chi connectivity index (χ2n) is 4.65. The average Bonchev–Trinajstić information content (AvgIpc) is 2.29. The van der Waals surface area contributed by atoms with Gasteiger partial charge >= 0.3 is 5.97 Å². The minimum absolute atomic E-state index is 0.231. The largest absolute Gasteiger partial charge is 0.480 e. The van der Waals surface area contributed by atoms with Gasteiger partial charge in [-0.05, 0) is 19.3 Å². The number of ether oxygens (including phenoxy) is 1. The molecule has 0 radical (unpaired) electrons. The zero-order chi connectivity index (χ0) is 12.0. The molecule has 1 unspecified atom stereocenters. The van der Waals surface area contributed by atoms with Crippen molar-refractivity contribution in [1.29, 1.82) is 0 Å². The van der Waals surface area contributed by atoms with Crippen LogP contribution in [-0.2, 0) is 9.53 Å². The average molecular weight is 229 g/mol. The molecule has 0 aliphatic heterocycles. The fourth-order valence-electron chi connectivity index (χ4n) is 2.40. The summed E-state index contributed by atoms with van der Waals surface area (Å²) in [6, 6.07) is 0.333. The van der Waals surface area contributed by atoms with Crippen LogP contribution in [0.1, 0.15) is 45.4 Å². The van der Waals surface area contributed by atoms with E-state index < -0.39 is 11.5 Å². The van der Waals surface area contributed by atoms with E-state index in [1.165, 1.54) is 19.3 Å². The van der Waals surface area contributed by atoms with Gasteiger partial charge in [-0.2, -0.15) is 0 Å². The SMILES string of the molecule is CCC(COC)(NC1CCCCC1)C(=O)O. The Kier molecular flexibility index (Phi) is 5.22. The minimum atomic E-state index is -0.906. The Morgan fingerprint density at radius 3 is 2.50 bits per heavy atom. The van der Waals surface area contributed by atoms with Crippen molar-refractivity contribution < 1.29 is 14.6 Å². The van der Waals surface area contributed by atoms with Crippen LogP contribution in [0.4, 0.5) is 0 Å². The van der Waals surface area contributed by atoms with Crippen molar-refractivity contribution in [3.63, 3.8) is 0 Å². The lowest BCUT2D eigenvalue weighted by atomic mass is 9.90. The van der Waals surface area contributed by atoms with Crippen molar-refractivity contribution in [2.75, 3.05) is 13.7 Å². The summed E-state index contributed by atoms with van der Waals surface area (Å²) in [7, 11) is 1.55. The first-order valence-corrected chi connectivity index (χ1v) is 6.14. The molecule has 2 N–H and O–H groups in total. The van der Waals surface area contributed by atoms with E-state index in [2.05, 4.69) is 5.32 Å². The molecule has 1 saturated carbocycles. The smallest absolute Gasteiger partial charge is 0.326 e. The first-order chi connectivity index (χ1) is 7.64. The summed E-state index contributed by atoms with van der Waals surface area (Å²) >= 11 is 0. The highest BCUT2D eigenvalue weighted by atomic mass is 16.5. The molecular weight excluding hydrogens is 206 g/mol. The number of methoxy groups -OCH3 is 1. The zero-order valence-corrected chi connectivity index (χ0v) is 10.3. The quantitative estimate of drug-likeness (QED) is 0.729. The number of hydrogen-bond acceptors (Lipinski definition) is 3. The lowest BCUT2D eigenvalue weighted by molar-refractivity contribution is -0.148. The van der Waals surface area contributed by atoms with E-state index in [1.807, 2.05) is 6.92 Å². The summed E-state index contributed by atoms with van der Waals surface area (Å²) in [5.41, 5.74) is -0.906. The maximum atomic E-state index is 11.4. The van der Waals surface area contributed by atoms with Gasteiger partial charge in [0.15, 0.2) is 0 Å². The Morgan fingerprint density at radius 1 is 1.44 bits per heavy atom. The second kappa shape index (κ2) is 6.21. The van der Waals surface area contributed by atoms with Crippen LogP contribution < -0.4 is 5.32 Å². The first kappa shape index (κ1) is 13.5. The number of nitrogens with one attached hydrogen (secondary N) is 1. The highest BCUT2D eigenvalue weighted by Crippen LogP contribution is 2.22. The van der Waals surface area contributed by atoms with Crippen molar-refractivity contribution in [1.82, 2.24) is 5.32 Å². The zero-order valence-electron chi connectivity index (χ0n) is 10.3. The normalized spacial score (nSPS) is 21.6. The Labute approximate surface area is 97.4 Å². The highest BCUT2D eigenvalue weighted by Gasteiger charge is 2.38. The van der Waals surface area contributed by atoms with Gasteiger partial charge in [-0.1, -0.05) is 26.2 Å². The summed E-state index contributed by atoms with van der Waals surface area (Å²) in [6.45, 7) is 2.12. The third kappa shape index (κ3) is 3.19. The van der Waals surface area contributed by atoms with Gasteiger partial charge in [0.1, 0.15) is 5.54 Å². The molecule has 4 nitrogen and oxygen atoms in total. The molecule has 0 aromatic heterocycles. The highest BCUT2D eigenvalue weighted by molar-refractivity contribution is 5.79. The van der Waals surface area contributed by atoms with Crippen molar-refractivity contribution in [3.8, 4) is 0 Å². The van der Waals surface area contributed by atoms with Crippen molar-refractivity contribution in [2.24, 2.45) is 0 Å². The van der Waals surface area contributed by atoms with E-state index >= 15 is 0 Å². The van der Waals surface area contributed by atoms with Gasteiger partial charge < -0.3 is 9.84 Å². The van der Waals surface area contributed by atoms with Gasteiger partial charge in [0.2, 0.25) is 0 Å². The third-order valence-electron chi connectivity index (χ3n) is 3.49. The lowest BCUT2D eigenvalue weighted by Gasteiger charge is -2.35. The van der Waals surface area contributed by atoms with Gasteiger partial charge in [-0.3, -0.25) is 10.1 Å². The molecule has 0 spiro atoms. The van der Waals surface area contributed by atoms with E-state index in [4.69, 9.17) is 4.74 Å². The molecule has 0 aromatic rings. The molecule has 94 valence electrons. The van der Waals surface area contributed by atoms with Gasteiger partial charge in [0, 0.05) is 13.2 Å². The van der Waals surface area contributed by atoms with Crippen molar-refractivity contribution in [3.05, 3.63) is 0 Å². The molecule has 1 atom stereocenters. The summed E-state index contributed by atoms with van der Waals surface area (Å²) in [4.78, 5) is 11.4.